The second-order valence-electron chi connectivity index (χ2n) is 5.27. The largest absolute Gasteiger partial charge is 0.496 e. The Morgan fingerprint density at radius 3 is 2.40 bits per heavy atom. The molecule has 102 valence electrons. The molecular weight excluding hydrogens is 248 g/mol. The zero-order valence-electron chi connectivity index (χ0n) is 11.7. The molecule has 0 aromatic heterocycles. The van der Waals surface area contributed by atoms with E-state index in [1.54, 1.807) is 7.11 Å². The Morgan fingerprint density at radius 2 is 1.65 bits per heavy atom. The predicted octanol–water partition coefficient (Wildman–Crippen LogP) is 4.05. The minimum absolute atomic E-state index is 0.600. The summed E-state index contributed by atoms with van der Waals surface area (Å²) >= 11 is 0. The Morgan fingerprint density at radius 1 is 0.950 bits per heavy atom. The molecule has 0 N–H and O–H groups in total. The molecule has 1 aliphatic carbocycles. The fraction of sp³-hybridized carbons (Fsp3) is 0.278. The Kier molecular flexibility index (Phi) is 3.55. The molecule has 0 saturated carbocycles. The lowest BCUT2D eigenvalue weighted by Crippen LogP contribution is -2.02. The zero-order chi connectivity index (χ0) is 13.9. The fourth-order valence-electron chi connectivity index (χ4n) is 2.92. The van der Waals surface area contributed by atoms with E-state index in [9.17, 15) is 4.79 Å². The molecule has 1 aliphatic rings. The van der Waals surface area contributed by atoms with Crippen molar-refractivity contribution >= 4 is 6.29 Å². The van der Waals surface area contributed by atoms with Crippen LogP contribution in [0, 0.1) is 0 Å². The van der Waals surface area contributed by atoms with Gasteiger partial charge in [0.1, 0.15) is 5.75 Å². The number of carbonyl (C=O) groups is 1. The van der Waals surface area contributed by atoms with Gasteiger partial charge in [0, 0.05) is 0 Å². The van der Waals surface area contributed by atoms with Crippen molar-refractivity contribution in [1.29, 1.82) is 0 Å². The molecule has 0 amide bonds. The van der Waals surface area contributed by atoms with Crippen molar-refractivity contribution in [2.24, 2.45) is 0 Å². The molecule has 0 fully saturated rings. The number of ether oxygens (including phenoxy) is 1. The number of hydrogen-bond donors (Lipinski definition) is 0. The number of aldehydes is 1. The summed E-state index contributed by atoms with van der Waals surface area (Å²) in [5.74, 6) is 0.627. The van der Waals surface area contributed by atoms with E-state index in [1.165, 1.54) is 42.4 Å². The Hall–Kier alpha value is -2.09. The summed E-state index contributed by atoms with van der Waals surface area (Å²) in [7, 11) is 1.58. The van der Waals surface area contributed by atoms with Crippen LogP contribution in [0.15, 0.2) is 36.4 Å². The minimum atomic E-state index is 0.600. The average molecular weight is 266 g/mol. The third kappa shape index (κ3) is 2.34. The number of aryl methyl sites for hydroxylation is 2. The van der Waals surface area contributed by atoms with E-state index in [0.29, 0.717) is 11.3 Å². The summed E-state index contributed by atoms with van der Waals surface area (Å²) in [6.45, 7) is 0. The van der Waals surface area contributed by atoms with Crippen LogP contribution >= 0.6 is 0 Å². The van der Waals surface area contributed by atoms with Crippen LogP contribution in [0.25, 0.3) is 11.1 Å². The summed E-state index contributed by atoms with van der Waals surface area (Å²) in [4.78, 5) is 11.1. The van der Waals surface area contributed by atoms with Crippen molar-refractivity contribution in [3.05, 3.63) is 53.1 Å². The van der Waals surface area contributed by atoms with Gasteiger partial charge in [0.05, 0.1) is 12.7 Å². The zero-order valence-corrected chi connectivity index (χ0v) is 11.7. The van der Waals surface area contributed by atoms with E-state index in [2.05, 4.69) is 18.2 Å². The maximum atomic E-state index is 11.1. The lowest BCUT2D eigenvalue weighted by molar-refractivity contribution is 0.112. The van der Waals surface area contributed by atoms with Crippen LogP contribution in [0.4, 0.5) is 0 Å². The molecule has 0 heterocycles. The van der Waals surface area contributed by atoms with E-state index in [4.69, 9.17) is 4.74 Å². The molecule has 20 heavy (non-hydrogen) atoms. The third-order valence-electron chi connectivity index (χ3n) is 4.04. The highest BCUT2D eigenvalue weighted by Crippen LogP contribution is 2.29. The first kappa shape index (κ1) is 12.9. The van der Waals surface area contributed by atoms with Crippen molar-refractivity contribution in [1.82, 2.24) is 0 Å². The first-order valence-electron chi connectivity index (χ1n) is 7.07. The van der Waals surface area contributed by atoms with Crippen molar-refractivity contribution in [3.63, 3.8) is 0 Å². The standard InChI is InChI=1S/C18H18O2/c1-20-18-9-8-16(11-17(18)12-19)15-7-6-13-4-2-3-5-14(13)10-15/h6-12H,2-5H2,1H3. The van der Waals surface area contributed by atoms with Gasteiger partial charge in [0.2, 0.25) is 0 Å². The van der Waals surface area contributed by atoms with Crippen molar-refractivity contribution in [2.45, 2.75) is 25.7 Å². The van der Waals surface area contributed by atoms with Gasteiger partial charge in [-0.3, -0.25) is 4.79 Å². The average Bonchev–Trinajstić information content (AvgIpc) is 2.53. The van der Waals surface area contributed by atoms with E-state index in [-0.39, 0.29) is 0 Å². The van der Waals surface area contributed by atoms with Gasteiger partial charge in [-0.2, -0.15) is 0 Å². The second kappa shape index (κ2) is 5.49. The van der Waals surface area contributed by atoms with Gasteiger partial charge in [-0.1, -0.05) is 24.3 Å². The van der Waals surface area contributed by atoms with Crippen LogP contribution in [-0.2, 0) is 12.8 Å². The predicted molar refractivity (Wildman–Crippen MR) is 80.5 cm³/mol. The fourth-order valence-corrected chi connectivity index (χ4v) is 2.92. The smallest absolute Gasteiger partial charge is 0.153 e. The summed E-state index contributed by atoms with van der Waals surface area (Å²) in [6, 6.07) is 12.4. The highest BCUT2D eigenvalue weighted by molar-refractivity contribution is 5.83. The number of fused-ring (bicyclic) bond motifs is 1. The lowest BCUT2D eigenvalue weighted by atomic mass is 9.89. The minimum Gasteiger partial charge on any atom is -0.496 e. The highest BCUT2D eigenvalue weighted by Gasteiger charge is 2.11. The number of carbonyl (C=O) groups excluding carboxylic acids is 1. The van der Waals surface area contributed by atoms with E-state index in [1.807, 2.05) is 18.2 Å². The van der Waals surface area contributed by atoms with Gasteiger partial charge in [-0.25, -0.2) is 0 Å². The third-order valence-corrected chi connectivity index (χ3v) is 4.04. The molecule has 2 aromatic rings. The number of methoxy groups -OCH3 is 1. The normalized spacial score (nSPS) is 13.7. The molecule has 0 unspecified atom stereocenters. The number of hydrogen-bond acceptors (Lipinski definition) is 2. The maximum Gasteiger partial charge on any atom is 0.153 e. The monoisotopic (exact) mass is 266 g/mol. The molecule has 2 heteroatoms. The molecule has 0 saturated heterocycles. The van der Waals surface area contributed by atoms with E-state index < -0.39 is 0 Å². The van der Waals surface area contributed by atoms with Crippen molar-refractivity contribution < 1.29 is 9.53 Å². The summed E-state index contributed by atoms with van der Waals surface area (Å²) in [5.41, 5.74) is 5.78. The van der Waals surface area contributed by atoms with E-state index in [0.717, 1.165) is 11.8 Å². The quantitative estimate of drug-likeness (QED) is 0.783. The van der Waals surface area contributed by atoms with Gasteiger partial charge >= 0.3 is 0 Å². The summed E-state index contributed by atoms with van der Waals surface area (Å²) in [5, 5.41) is 0. The Bertz CT molecular complexity index is 644. The SMILES string of the molecule is COc1ccc(-c2ccc3c(c2)CCCC3)cc1C=O. The molecule has 0 aliphatic heterocycles. The van der Waals surface area contributed by atoms with Crippen LogP contribution < -0.4 is 4.74 Å². The lowest BCUT2D eigenvalue weighted by Gasteiger charge is -2.17. The molecule has 0 bridgehead atoms. The van der Waals surface area contributed by atoms with E-state index >= 15 is 0 Å². The van der Waals surface area contributed by atoms with Gasteiger partial charge in [-0.05, 0) is 60.1 Å². The molecular formula is C18H18O2. The number of benzene rings is 2. The maximum absolute atomic E-state index is 11.1. The molecule has 2 nitrogen and oxygen atoms in total. The summed E-state index contributed by atoms with van der Waals surface area (Å²) < 4.78 is 5.19. The number of rotatable bonds is 3. The van der Waals surface area contributed by atoms with Gasteiger partial charge in [-0.15, -0.1) is 0 Å². The van der Waals surface area contributed by atoms with Crippen LogP contribution in [0.1, 0.15) is 34.3 Å². The van der Waals surface area contributed by atoms with Gasteiger partial charge < -0.3 is 4.74 Å². The molecule has 0 spiro atoms. The van der Waals surface area contributed by atoms with Crippen LogP contribution in [-0.4, -0.2) is 13.4 Å². The first-order chi connectivity index (χ1) is 9.81. The Balaban J connectivity index is 2.02. The molecule has 0 atom stereocenters. The molecule has 3 rings (SSSR count). The van der Waals surface area contributed by atoms with Crippen LogP contribution in [0.5, 0.6) is 5.75 Å². The Labute approximate surface area is 119 Å². The van der Waals surface area contributed by atoms with Gasteiger partial charge in [0.15, 0.2) is 6.29 Å². The topological polar surface area (TPSA) is 26.3 Å². The summed E-state index contributed by atoms with van der Waals surface area (Å²) in [6.07, 6.45) is 5.78. The van der Waals surface area contributed by atoms with Gasteiger partial charge in [0.25, 0.3) is 0 Å². The highest BCUT2D eigenvalue weighted by atomic mass is 16.5. The van der Waals surface area contributed by atoms with Crippen molar-refractivity contribution in [2.75, 3.05) is 7.11 Å². The van der Waals surface area contributed by atoms with Crippen LogP contribution in [0.2, 0.25) is 0 Å². The van der Waals surface area contributed by atoms with Crippen molar-refractivity contribution in [3.8, 4) is 16.9 Å². The molecule has 0 radical (unpaired) electrons. The second-order valence-corrected chi connectivity index (χ2v) is 5.27. The van der Waals surface area contributed by atoms with Crippen LogP contribution in [0.3, 0.4) is 0 Å². The first-order valence-corrected chi connectivity index (χ1v) is 7.07. The molecule has 2 aromatic carbocycles.